The van der Waals surface area contributed by atoms with Gasteiger partial charge in [-0.25, -0.2) is 14.4 Å². The van der Waals surface area contributed by atoms with Gasteiger partial charge >= 0.3 is 0 Å². The van der Waals surface area contributed by atoms with Crippen molar-refractivity contribution in [1.82, 2.24) is 9.97 Å². The van der Waals surface area contributed by atoms with E-state index in [0.717, 1.165) is 0 Å². The summed E-state index contributed by atoms with van der Waals surface area (Å²) in [4.78, 5) is 9.78. The zero-order valence-electron chi connectivity index (χ0n) is 10.1. The molecular weight excluding hydrogens is 207 g/mol. The van der Waals surface area contributed by atoms with Gasteiger partial charge in [0.1, 0.15) is 6.33 Å². The first-order chi connectivity index (χ1) is 7.61. The molecule has 1 aromatic heterocycles. The Morgan fingerprint density at radius 3 is 2.62 bits per heavy atom. The zero-order valence-corrected chi connectivity index (χ0v) is 10.1. The molecule has 0 saturated carbocycles. The van der Waals surface area contributed by atoms with Crippen LogP contribution in [0.25, 0.3) is 0 Å². The Kier molecular flexibility index (Phi) is 4.61. The molecule has 0 aliphatic rings. The van der Waals surface area contributed by atoms with Gasteiger partial charge in [0.25, 0.3) is 0 Å². The van der Waals surface area contributed by atoms with Gasteiger partial charge in [-0.05, 0) is 20.3 Å². The Morgan fingerprint density at radius 1 is 1.44 bits per heavy atom. The van der Waals surface area contributed by atoms with Crippen LogP contribution in [0.1, 0.15) is 26.5 Å². The van der Waals surface area contributed by atoms with Crippen LogP contribution in [-0.4, -0.2) is 29.1 Å². The normalized spacial score (nSPS) is 10.9. The van der Waals surface area contributed by atoms with Gasteiger partial charge in [-0.1, -0.05) is 6.92 Å². The lowest BCUT2D eigenvalue weighted by Gasteiger charge is -2.27. The Balaban J connectivity index is 3.08. The molecule has 0 spiro atoms. The Morgan fingerprint density at radius 2 is 2.12 bits per heavy atom. The highest BCUT2D eigenvalue weighted by Crippen LogP contribution is 2.19. The predicted molar refractivity (Wildman–Crippen MR) is 62.9 cm³/mol. The average molecular weight is 226 g/mol. The van der Waals surface area contributed by atoms with Crippen LogP contribution in [0, 0.1) is 5.82 Å². The summed E-state index contributed by atoms with van der Waals surface area (Å²) in [6.45, 7) is 6.92. The molecule has 0 amide bonds. The van der Waals surface area contributed by atoms with E-state index in [4.69, 9.17) is 5.73 Å². The van der Waals surface area contributed by atoms with Crippen molar-refractivity contribution >= 4 is 5.82 Å². The first kappa shape index (κ1) is 12.8. The molecule has 0 fully saturated rings. The van der Waals surface area contributed by atoms with Crippen LogP contribution in [-0.2, 0) is 6.42 Å². The topological polar surface area (TPSA) is 55.0 Å². The van der Waals surface area contributed by atoms with E-state index in [1.165, 1.54) is 6.33 Å². The summed E-state index contributed by atoms with van der Waals surface area (Å²) in [5.41, 5.74) is 5.97. The Labute approximate surface area is 95.7 Å². The number of nitrogens with zero attached hydrogens (tertiary/aromatic N) is 3. The van der Waals surface area contributed by atoms with E-state index in [1.54, 1.807) is 0 Å². The summed E-state index contributed by atoms with van der Waals surface area (Å²) in [5, 5.41) is 0. The molecule has 0 atom stereocenters. The van der Waals surface area contributed by atoms with Crippen LogP contribution < -0.4 is 10.6 Å². The largest absolute Gasteiger partial charge is 0.350 e. The predicted octanol–water partition coefficient (Wildman–Crippen LogP) is 1.35. The van der Waals surface area contributed by atoms with Crippen molar-refractivity contribution in [3.05, 3.63) is 17.8 Å². The van der Waals surface area contributed by atoms with Crippen molar-refractivity contribution < 1.29 is 4.39 Å². The number of anilines is 1. The third kappa shape index (κ3) is 2.66. The fourth-order valence-corrected chi connectivity index (χ4v) is 1.59. The molecule has 5 heteroatoms. The molecule has 0 bridgehead atoms. The molecule has 0 aliphatic carbocycles. The summed E-state index contributed by atoms with van der Waals surface area (Å²) in [6.07, 6.45) is 1.97. The van der Waals surface area contributed by atoms with Crippen molar-refractivity contribution in [2.45, 2.75) is 33.2 Å². The van der Waals surface area contributed by atoms with Gasteiger partial charge < -0.3 is 10.6 Å². The molecule has 4 nitrogen and oxygen atoms in total. The second-order valence-corrected chi connectivity index (χ2v) is 3.89. The van der Waals surface area contributed by atoms with Crippen LogP contribution >= 0.6 is 0 Å². The van der Waals surface area contributed by atoms with Gasteiger partial charge in [0.05, 0.1) is 5.69 Å². The number of hydrogen-bond donors (Lipinski definition) is 1. The third-order valence-corrected chi connectivity index (χ3v) is 2.44. The number of aromatic nitrogens is 2. The number of halogens is 1. The minimum absolute atomic E-state index is 0.164. The van der Waals surface area contributed by atoms with Gasteiger partial charge in [0.15, 0.2) is 11.6 Å². The lowest BCUT2D eigenvalue weighted by Crippen LogP contribution is -2.36. The maximum absolute atomic E-state index is 14.0. The summed E-state index contributed by atoms with van der Waals surface area (Å²) in [5.74, 6) is 0.0273. The molecule has 0 aliphatic heterocycles. The summed E-state index contributed by atoms with van der Waals surface area (Å²) >= 11 is 0. The van der Waals surface area contributed by atoms with Gasteiger partial charge in [0, 0.05) is 19.1 Å². The standard InChI is InChI=1S/C11H19FN4/c1-4-9-10(12)11(15-7-14-9)16(6-5-13)8(2)3/h7-8H,4-6,13H2,1-3H3. The van der Waals surface area contributed by atoms with Crippen LogP contribution in [0.5, 0.6) is 0 Å². The molecule has 1 rings (SSSR count). The number of nitrogens with two attached hydrogens (primary N) is 1. The van der Waals surface area contributed by atoms with E-state index >= 15 is 0 Å². The monoisotopic (exact) mass is 226 g/mol. The maximum Gasteiger partial charge on any atom is 0.187 e. The fraction of sp³-hybridized carbons (Fsp3) is 0.636. The first-order valence-electron chi connectivity index (χ1n) is 5.57. The Bertz CT molecular complexity index is 341. The molecule has 2 N–H and O–H groups in total. The zero-order chi connectivity index (χ0) is 12.1. The van der Waals surface area contributed by atoms with E-state index in [9.17, 15) is 4.39 Å². The molecule has 0 radical (unpaired) electrons. The van der Waals surface area contributed by atoms with E-state index in [2.05, 4.69) is 9.97 Å². The highest BCUT2D eigenvalue weighted by atomic mass is 19.1. The van der Waals surface area contributed by atoms with Crippen molar-refractivity contribution in [2.75, 3.05) is 18.0 Å². The molecule has 16 heavy (non-hydrogen) atoms. The highest BCUT2D eigenvalue weighted by molar-refractivity contribution is 5.41. The van der Waals surface area contributed by atoms with E-state index < -0.39 is 0 Å². The van der Waals surface area contributed by atoms with Gasteiger partial charge in [-0.2, -0.15) is 0 Å². The SMILES string of the molecule is CCc1ncnc(N(CCN)C(C)C)c1F. The number of hydrogen-bond acceptors (Lipinski definition) is 4. The minimum Gasteiger partial charge on any atom is -0.350 e. The molecule has 0 unspecified atom stereocenters. The second kappa shape index (κ2) is 5.75. The lowest BCUT2D eigenvalue weighted by atomic mass is 10.2. The number of aryl methyl sites for hydroxylation is 1. The highest BCUT2D eigenvalue weighted by Gasteiger charge is 2.18. The Hall–Kier alpha value is -1.23. The molecule has 0 aromatic carbocycles. The van der Waals surface area contributed by atoms with Crippen molar-refractivity contribution in [3.8, 4) is 0 Å². The lowest BCUT2D eigenvalue weighted by molar-refractivity contribution is 0.569. The van der Waals surface area contributed by atoms with E-state index in [1.807, 2.05) is 25.7 Å². The van der Waals surface area contributed by atoms with Crippen LogP contribution in [0.3, 0.4) is 0 Å². The first-order valence-corrected chi connectivity index (χ1v) is 5.57. The molecular formula is C11H19FN4. The van der Waals surface area contributed by atoms with Crippen molar-refractivity contribution in [1.29, 1.82) is 0 Å². The minimum atomic E-state index is -0.327. The maximum atomic E-state index is 14.0. The number of rotatable bonds is 5. The third-order valence-electron chi connectivity index (χ3n) is 2.44. The molecule has 0 saturated heterocycles. The van der Waals surface area contributed by atoms with Gasteiger partial charge in [0.2, 0.25) is 0 Å². The van der Waals surface area contributed by atoms with Crippen LogP contribution in [0.4, 0.5) is 10.2 Å². The van der Waals surface area contributed by atoms with Crippen LogP contribution in [0.2, 0.25) is 0 Å². The molecule has 1 heterocycles. The summed E-state index contributed by atoms with van der Waals surface area (Å²) < 4.78 is 14.0. The fourth-order valence-electron chi connectivity index (χ4n) is 1.59. The van der Waals surface area contributed by atoms with Crippen LogP contribution in [0.15, 0.2) is 6.33 Å². The summed E-state index contributed by atoms with van der Waals surface area (Å²) in [6, 6.07) is 0.164. The van der Waals surface area contributed by atoms with Crippen molar-refractivity contribution in [2.24, 2.45) is 5.73 Å². The van der Waals surface area contributed by atoms with Gasteiger partial charge in [-0.15, -0.1) is 0 Å². The van der Waals surface area contributed by atoms with E-state index in [-0.39, 0.29) is 11.9 Å². The van der Waals surface area contributed by atoms with Gasteiger partial charge in [-0.3, -0.25) is 0 Å². The molecule has 90 valence electrons. The van der Waals surface area contributed by atoms with Crippen molar-refractivity contribution in [3.63, 3.8) is 0 Å². The quantitative estimate of drug-likeness (QED) is 0.823. The van der Waals surface area contributed by atoms with E-state index in [0.29, 0.717) is 31.0 Å². The summed E-state index contributed by atoms with van der Waals surface area (Å²) in [7, 11) is 0. The molecule has 1 aromatic rings. The average Bonchev–Trinajstić information content (AvgIpc) is 2.26. The smallest absolute Gasteiger partial charge is 0.187 e. The second-order valence-electron chi connectivity index (χ2n) is 3.89.